The normalized spacial score (nSPS) is 20.1. The largest absolute Gasteiger partial charge is 0.496 e. The second-order valence-electron chi connectivity index (χ2n) is 6.90. The molecule has 2 atom stereocenters. The van der Waals surface area contributed by atoms with Gasteiger partial charge in [0.25, 0.3) is 0 Å². The molecule has 5 heteroatoms. The van der Waals surface area contributed by atoms with E-state index in [0.717, 1.165) is 40.3 Å². The molecule has 0 bridgehead atoms. The van der Waals surface area contributed by atoms with E-state index in [1.165, 1.54) is 12.1 Å². The topological polar surface area (TPSA) is 34.1 Å². The van der Waals surface area contributed by atoms with Crippen LogP contribution in [0, 0.1) is 5.82 Å². The third-order valence-corrected chi connectivity index (χ3v) is 5.28. The van der Waals surface area contributed by atoms with Gasteiger partial charge in [0.2, 0.25) is 6.23 Å². The van der Waals surface area contributed by atoms with Gasteiger partial charge in [-0.3, -0.25) is 0 Å². The second-order valence-corrected chi connectivity index (χ2v) is 6.90. The predicted molar refractivity (Wildman–Crippen MR) is 105 cm³/mol. The van der Waals surface area contributed by atoms with Gasteiger partial charge < -0.3 is 9.47 Å². The number of hydrazone groups is 1. The van der Waals surface area contributed by atoms with Crippen LogP contribution in [-0.2, 0) is 0 Å². The monoisotopic (exact) mass is 374 g/mol. The number of halogens is 1. The number of benzene rings is 3. The van der Waals surface area contributed by atoms with Gasteiger partial charge in [0.05, 0.1) is 24.4 Å². The molecule has 0 saturated heterocycles. The highest BCUT2D eigenvalue weighted by Crippen LogP contribution is 2.48. The standard InChI is InChI=1S/C23H19FN2O2/c1-27-21-8-4-3-7-18(21)23-26-20(17-6-2-5-9-22(17)28-23)14-19(25-26)15-10-12-16(24)13-11-15/h2-13,20,23H,14H2,1H3. The van der Waals surface area contributed by atoms with E-state index in [1.807, 2.05) is 47.5 Å². The first kappa shape index (κ1) is 16.8. The summed E-state index contributed by atoms with van der Waals surface area (Å²) >= 11 is 0. The summed E-state index contributed by atoms with van der Waals surface area (Å²) in [5.74, 6) is 1.37. The lowest BCUT2D eigenvalue weighted by molar-refractivity contribution is -0.0203. The lowest BCUT2D eigenvalue weighted by Crippen LogP contribution is -2.33. The molecule has 0 saturated carbocycles. The van der Waals surface area contributed by atoms with Gasteiger partial charge in [-0.05, 0) is 35.9 Å². The Morgan fingerprint density at radius 3 is 2.46 bits per heavy atom. The Morgan fingerprint density at radius 2 is 1.68 bits per heavy atom. The number of hydrogen-bond acceptors (Lipinski definition) is 4. The fraction of sp³-hybridized carbons (Fsp3) is 0.174. The van der Waals surface area contributed by atoms with Crippen LogP contribution in [0.2, 0.25) is 0 Å². The van der Waals surface area contributed by atoms with Gasteiger partial charge in [0, 0.05) is 12.0 Å². The minimum atomic E-state index is -0.394. The van der Waals surface area contributed by atoms with Gasteiger partial charge in [-0.25, -0.2) is 9.40 Å². The number of nitrogens with zero attached hydrogens (tertiary/aromatic N) is 2. The molecule has 0 N–H and O–H groups in total. The number of rotatable bonds is 3. The zero-order valence-corrected chi connectivity index (χ0v) is 15.4. The van der Waals surface area contributed by atoms with Crippen molar-refractivity contribution in [3.05, 3.63) is 95.3 Å². The average Bonchev–Trinajstić information content (AvgIpc) is 3.19. The minimum Gasteiger partial charge on any atom is -0.496 e. The van der Waals surface area contributed by atoms with Gasteiger partial charge in [-0.2, -0.15) is 5.10 Å². The molecule has 0 radical (unpaired) electrons. The Hall–Kier alpha value is -3.34. The first-order valence-electron chi connectivity index (χ1n) is 9.25. The number of ether oxygens (including phenoxy) is 2. The van der Waals surface area contributed by atoms with Crippen LogP contribution < -0.4 is 9.47 Å². The molecule has 0 fully saturated rings. The summed E-state index contributed by atoms with van der Waals surface area (Å²) in [7, 11) is 1.66. The van der Waals surface area contributed by atoms with Crippen molar-refractivity contribution in [2.75, 3.05) is 7.11 Å². The van der Waals surface area contributed by atoms with E-state index in [9.17, 15) is 4.39 Å². The molecule has 0 spiro atoms. The smallest absolute Gasteiger partial charge is 0.217 e. The molecule has 2 unspecified atom stereocenters. The first-order valence-corrected chi connectivity index (χ1v) is 9.25. The van der Waals surface area contributed by atoms with E-state index < -0.39 is 6.23 Å². The molecular weight excluding hydrogens is 355 g/mol. The number of fused-ring (bicyclic) bond motifs is 3. The van der Waals surface area contributed by atoms with E-state index in [2.05, 4.69) is 6.07 Å². The van der Waals surface area contributed by atoms with Crippen molar-refractivity contribution in [3.63, 3.8) is 0 Å². The maximum atomic E-state index is 13.3. The zero-order chi connectivity index (χ0) is 19.1. The Morgan fingerprint density at radius 1 is 0.964 bits per heavy atom. The molecule has 4 nitrogen and oxygen atoms in total. The summed E-state index contributed by atoms with van der Waals surface area (Å²) in [5.41, 5.74) is 3.88. The highest BCUT2D eigenvalue weighted by molar-refractivity contribution is 6.01. The molecule has 3 aromatic rings. The van der Waals surface area contributed by atoms with Gasteiger partial charge >= 0.3 is 0 Å². The molecule has 2 aliphatic rings. The summed E-state index contributed by atoms with van der Waals surface area (Å²) in [6.07, 6.45) is 0.339. The average molecular weight is 374 g/mol. The summed E-state index contributed by atoms with van der Waals surface area (Å²) < 4.78 is 25.3. The van der Waals surface area contributed by atoms with Gasteiger partial charge in [0.15, 0.2) is 0 Å². The molecule has 2 heterocycles. The predicted octanol–water partition coefficient (Wildman–Crippen LogP) is 5.08. The summed E-state index contributed by atoms with van der Waals surface area (Å²) in [4.78, 5) is 0. The summed E-state index contributed by atoms with van der Waals surface area (Å²) in [6, 6.07) is 22.4. The Labute approximate surface area is 162 Å². The number of methoxy groups -OCH3 is 1. The highest BCUT2D eigenvalue weighted by atomic mass is 19.1. The fourth-order valence-electron chi connectivity index (χ4n) is 3.93. The van der Waals surface area contributed by atoms with Crippen LogP contribution in [0.1, 0.15) is 35.4 Å². The second kappa shape index (κ2) is 6.68. The first-order chi connectivity index (χ1) is 13.7. The van der Waals surface area contributed by atoms with Gasteiger partial charge in [0.1, 0.15) is 17.3 Å². The highest BCUT2D eigenvalue weighted by Gasteiger charge is 2.41. The van der Waals surface area contributed by atoms with Crippen molar-refractivity contribution in [2.24, 2.45) is 5.10 Å². The lowest BCUT2D eigenvalue weighted by Gasteiger charge is -2.38. The van der Waals surface area contributed by atoms with E-state index in [0.29, 0.717) is 0 Å². The Balaban J connectivity index is 1.61. The van der Waals surface area contributed by atoms with Crippen molar-refractivity contribution in [1.29, 1.82) is 0 Å². The van der Waals surface area contributed by atoms with Gasteiger partial charge in [-0.15, -0.1) is 0 Å². The summed E-state index contributed by atoms with van der Waals surface area (Å²) in [5, 5.41) is 6.89. The van der Waals surface area contributed by atoms with Crippen molar-refractivity contribution in [3.8, 4) is 11.5 Å². The molecule has 2 aliphatic heterocycles. The molecule has 0 aliphatic carbocycles. The van der Waals surface area contributed by atoms with E-state index in [4.69, 9.17) is 14.6 Å². The molecule has 28 heavy (non-hydrogen) atoms. The van der Waals surface area contributed by atoms with Crippen molar-refractivity contribution < 1.29 is 13.9 Å². The lowest BCUT2D eigenvalue weighted by atomic mass is 9.96. The molecule has 0 aromatic heterocycles. The van der Waals surface area contributed by atoms with Crippen LogP contribution in [0.5, 0.6) is 11.5 Å². The molecule has 0 amide bonds. The third-order valence-electron chi connectivity index (χ3n) is 5.28. The minimum absolute atomic E-state index is 0.0555. The van der Waals surface area contributed by atoms with Crippen LogP contribution in [0.15, 0.2) is 77.9 Å². The van der Waals surface area contributed by atoms with Crippen LogP contribution in [0.25, 0.3) is 0 Å². The Kier molecular flexibility index (Phi) is 4.01. The number of para-hydroxylation sites is 2. The van der Waals surface area contributed by atoms with E-state index >= 15 is 0 Å². The van der Waals surface area contributed by atoms with Crippen LogP contribution in [0.4, 0.5) is 4.39 Å². The zero-order valence-electron chi connectivity index (χ0n) is 15.4. The van der Waals surface area contributed by atoms with Crippen LogP contribution in [0.3, 0.4) is 0 Å². The maximum Gasteiger partial charge on any atom is 0.217 e. The van der Waals surface area contributed by atoms with Crippen molar-refractivity contribution in [1.82, 2.24) is 5.01 Å². The quantitative estimate of drug-likeness (QED) is 0.641. The SMILES string of the molecule is COc1ccccc1C1Oc2ccccc2C2CC(c3ccc(F)cc3)=NN21. The van der Waals surface area contributed by atoms with Crippen LogP contribution >= 0.6 is 0 Å². The Bertz CT molecular complexity index is 1050. The molecule has 140 valence electrons. The van der Waals surface area contributed by atoms with Crippen molar-refractivity contribution >= 4 is 5.71 Å². The van der Waals surface area contributed by atoms with E-state index in [-0.39, 0.29) is 11.9 Å². The molecule has 5 rings (SSSR count). The molecule has 3 aromatic carbocycles. The van der Waals surface area contributed by atoms with E-state index in [1.54, 1.807) is 19.2 Å². The van der Waals surface area contributed by atoms with Gasteiger partial charge in [-0.1, -0.05) is 42.5 Å². The fourth-order valence-corrected chi connectivity index (χ4v) is 3.93. The molecular formula is C23H19FN2O2. The van der Waals surface area contributed by atoms with Crippen LogP contribution in [-0.4, -0.2) is 17.8 Å². The third kappa shape index (κ3) is 2.71. The maximum absolute atomic E-state index is 13.3. The van der Waals surface area contributed by atoms with Crippen molar-refractivity contribution in [2.45, 2.75) is 18.7 Å². The summed E-state index contributed by atoms with van der Waals surface area (Å²) in [6.45, 7) is 0. The number of hydrogen-bond donors (Lipinski definition) is 0.